The van der Waals surface area contributed by atoms with Crippen molar-refractivity contribution in [2.24, 2.45) is 5.41 Å². The van der Waals surface area contributed by atoms with E-state index in [1.807, 2.05) is 0 Å². The summed E-state index contributed by atoms with van der Waals surface area (Å²) in [4.78, 5) is 35.1. The lowest BCUT2D eigenvalue weighted by molar-refractivity contribution is -0.145. The van der Waals surface area contributed by atoms with Gasteiger partial charge in [0, 0.05) is 11.0 Å². The summed E-state index contributed by atoms with van der Waals surface area (Å²) in [5, 5.41) is 0. The van der Waals surface area contributed by atoms with E-state index in [9.17, 15) is 14.4 Å². The third-order valence-corrected chi connectivity index (χ3v) is 3.53. The molecule has 116 valence electrons. The van der Waals surface area contributed by atoms with Crippen molar-refractivity contribution in [1.29, 1.82) is 0 Å². The van der Waals surface area contributed by atoms with Gasteiger partial charge in [-0.2, -0.15) is 0 Å². The first-order valence-electron chi connectivity index (χ1n) is 7.51. The van der Waals surface area contributed by atoms with Gasteiger partial charge in [-0.05, 0) is 24.6 Å². The second-order valence-corrected chi connectivity index (χ2v) is 6.00. The summed E-state index contributed by atoms with van der Waals surface area (Å²) in [5.41, 5.74) is -0.323. The number of esters is 1. The highest BCUT2D eigenvalue weighted by molar-refractivity contribution is 6.18. The van der Waals surface area contributed by atoms with Gasteiger partial charge in [-0.1, -0.05) is 40.0 Å². The zero-order chi connectivity index (χ0) is 15.9. The first-order chi connectivity index (χ1) is 9.86. The summed E-state index contributed by atoms with van der Waals surface area (Å²) < 4.78 is 5.20. The molecule has 4 heteroatoms. The van der Waals surface area contributed by atoms with Crippen molar-refractivity contribution in [3.05, 3.63) is 23.8 Å². The van der Waals surface area contributed by atoms with Gasteiger partial charge in [-0.15, -0.1) is 0 Å². The smallest absolute Gasteiger partial charge is 0.306 e. The van der Waals surface area contributed by atoms with E-state index in [1.165, 1.54) is 18.2 Å². The summed E-state index contributed by atoms with van der Waals surface area (Å²) in [5.74, 6) is -0.756. The Kier molecular flexibility index (Phi) is 6.53. The fourth-order valence-electron chi connectivity index (χ4n) is 2.26. The molecule has 4 nitrogen and oxygen atoms in total. The van der Waals surface area contributed by atoms with E-state index in [4.69, 9.17) is 4.74 Å². The van der Waals surface area contributed by atoms with Crippen molar-refractivity contribution in [2.45, 2.75) is 52.9 Å². The highest BCUT2D eigenvalue weighted by atomic mass is 16.5. The van der Waals surface area contributed by atoms with Gasteiger partial charge in [0.05, 0.1) is 13.0 Å². The van der Waals surface area contributed by atoms with Crippen molar-refractivity contribution in [2.75, 3.05) is 6.61 Å². The summed E-state index contributed by atoms with van der Waals surface area (Å²) >= 11 is 0. The number of unbranched alkanes of at least 4 members (excludes halogenated alkanes) is 3. The molecule has 0 heterocycles. The predicted octanol–water partition coefficient (Wildman–Crippen LogP) is 3.16. The van der Waals surface area contributed by atoms with Crippen LogP contribution in [-0.2, 0) is 19.1 Å². The minimum Gasteiger partial charge on any atom is -0.466 e. The van der Waals surface area contributed by atoms with Crippen LogP contribution in [0.4, 0.5) is 0 Å². The van der Waals surface area contributed by atoms with Gasteiger partial charge >= 0.3 is 5.97 Å². The van der Waals surface area contributed by atoms with E-state index in [0.717, 1.165) is 25.7 Å². The third kappa shape index (κ3) is 5.66. The minimum absolute atomic E-state index is 0.0967. The summed E-state index contributed by atoms with van der Waals surface area (Å²) in [6.07, 6.45) is 8.11. The van der Waals surface area contributed by atoms with Gasteiger partial charge in [0.2, 0.25) is 0 Å². The number of allylic oxidation sites excluding steroid dienone is 4. The molecule has 0 aromatic rings. The normalized spacial score (nSPS) is 15.1. The van der Waals surface area contributed by atoms with Gasteiger partial charge in [-0.25, -0.2) is 0 Å². The minimum atomic E-state index is -0.696. The molecule has 0 N–H and O–H groups in total. The van der Waals surface area contributed by atoms with Crippen LogP contribution in [0.15, 0.2) is 23.8 Å². The van der Waals surface area contributed by atoms with E-state index >= 15 is 0 Å². The molecule has 0 saturated carbocycles. The molecular weight excluding hydrogens is 268 g/mol. The van der Waals surface area contributed by atoms with Crippen LogP contribution in [0, 0.1) is 5.41 Å². The van der Waals surface area contributed by atoms with Gasteiger partial charge < -0.3 is 4.74 Å². The molecule has 0 unspecified atom stereocenters. The molecule has 0 aromatic carbocycles. The molecule has 0 spiro atoms. The van der Waals surface area contributed by atoms with E-state index < -0.39 is 5.41 Å². The maximum atomic E-state index is 11.9. The van der Waals surface area contributed by atoms with Crippen LogP contribution in [0.2, 0.25) is 0 Å². The Hall–Kier alpha value is -1.71. The Labute approximate surface area is 126 Å². The van der Waals surface area contributed by atoms with E-state index in [-0.39, 0.29) is 24.0 Å². The fraction of sp³-hybridized carbons (Fsp3) is 0.588. The third-order valence-electron chi connectivity index (χ3n) is 3.53. The number of hydrogen-bond acceptors (Lipinski definition) is 4. The molecule has 0 atom stereocenters. The molecule has 0 saturated heterocycles. The largest absolute Gasteiger partial charge is 0.466 e. The standard InChI is InChI=1S/C17H24O4/c1-4-5-6-7-10-21-16(20)12-17(2,3)14-11-13(18)8-9-15(14)19/h8-9,11H,4-7,10,12H2,1-3H3. The van der Waals surface area contributed by atoms with Crippen molar-refractivity contribution in [1.82, 2.24) is 0 Å². The molecule has 21 heavy (non-hydrogen) atoms. The lowest BCUT2D eigenvalue weighted by Crippen LogP contribution is -2.27. The maximum Gasteiger partial charge on any atom is 0.306 e. The second kappa shape index (κ2) is 7.91. The van der Waals surface area contributed by atoms with Crippen LogP contribution in [0.5, 0.6) is 0 Å². The average Bonchev–Trinajstić information content (AvgIpc) is 2.40. The fourth-order valence-corrected chi connectivity index (χ4v) is 2.26. The molecular formula is C17H24O4. The highest BCUT2D eigenvalue weighted by Gasteiger charge is 2.32. The van der Waals surface area contributed by atoms with Crippen LogP contribution >= 0.6 is 0 Å². The van der Waals surface area contributed by atoms with Crippen molar-refractivity contribution in [3.8, 4) is 0 Å². The second-order valence-electron chi connectivity index (χ2n) is 6.00. The Balaban J connectivity index is 2.50. The van der Waals surface area contributed by atoms with Crippen LogP contribution in [0.25, 0.3) is 0 Å². The van der Waals surface area contributed by atoms with Crippen LogP contribution in [0.1, 0.15) is 52.9 Å². The molecule has 1 aliphatic carbocycles. The van der Waals surface area contributed by atoms with Gasteiger partial charge in [-0.3, -0.25) is 14.4 Å². The van der Waals surface area contributed by atoms with Crippen molar-refractivity contribution < 1.29 is 19.1 Å². The van der Waals surface area contributed by atoms with E-state index in [2.05, 4.69) is 6.92 Å². The van der Waals surface area contributed by atoms with Gasteiger partial charge in [0.1, 0.15) is 0 Å². The molecule has 0 aliphatic heterocycles. The number of ether oxygens (including phenoxy) is 1. The molecule has 0 amide bonds. The van der Waals surface area contributed by atoms with Gasteiger partial charge in [0.25, 0.3) is 0 Å². The number of rotatable bonds is 8. The van der Waals surface area contributed by atoms with Crippen LogP contribution < -0.4 is 0 Å². The van der Waals surface area contributed by atoms with E-state index in [1.54, 1.807) is 13.8 Å². The highest BCUT2D eigenvalue weighted by Crippen LogP contribution is 2.33. The number of carbonyl (C=O) groups excluding carboxylic acids is 3. The summed E-state index contributed by atoms with van der Waals surface area (Å²) in [7, 11) is 0. The zero-order valence-corrected chi connectivity index (χ0v) is 13.1. The molecule has 1 rings (SSSR count). The van der Waals surface area contributed by atoms with Crippen LogP contribution in [-0.4, -0.2) is 24.1 Å². The molecule has 0 bridgehead atoms. The average molecular weight is 292 g/mol. The first-order valence-corrected chi connectivity index (χ1v) is 7.51. The van der Waals surface area contributed by atoms with Gasteiger partial charge in [0.15, 0.2) is 11.6 Å². The lowest BCUT2D eigenvalue weighted by Gasteiger charge is -2.26. The SMILES string of the molecule is CCCCCCOC(=O)CC(C)(C)C1=CC(=O)C=CC1=O. The van der Waals surface area contributed by atoms with Crippen LogP contribution in [0.3, 0.4) is 0 Å². The molecule has 0 fully saturated rings. The topological polar surface area (TPSA) is 60.4 Å². The Bertz CT molecular complexity index is 469. The number of carbonyl (C=O) groups is 3. The molecule has 0 aromatic heterocycles. The number of hydrogen-bond donors (Lipinski definition) is 0. The zero-order valence-electron chi connectivity index (χ0n) is 13.1. The monoisotopic (exact) mass is 292 g/mol. The van der Waals surface area contributed by atoms with Crippen molar-refractivity contribution in [3.63, 3.8) is 0 Å². The Morgan fingerprint density at radius 3 is 2.52 bits per heavy atom. The lowest BCUT2D eigenvalue weighted by atomic mass is 9.77. The first kappa shape index (κ1) is 17.3. The predicted molar refractivity (Wildman–Crippen MR) is 80.7 cm³/mol. The van der Waals surface area contributed by atoms with E-state index in [0.29, 0.717) is 12.2 Å². The maximum absolute atomic E-state index is 11.9. The molecule has 0 radical (unpaired) electrons. The summed E-state index contributed by atoms with van der Waals surface area (Å²) in [6.45, 7) is 6.10. The molecule has 1 aliphatic rings. The quantitative estimate of drug-likeness (QED) is 0.392. The summed E-state index contributed by atoms with van der Waals surface area (Å²) in [6, 6.07) is 0. The van der Waals surface area contributed by atoms with Crippen molar-refractivity contribution >= 4 is 17.5 Å². The Morgan fingerprint density at radius 1 is 1.14 bits per heavy atom. The Morgan fingerprint density at radius 2 is 1.86 bits per heavy atom. The number of ketones is 2.